The Hall–Kier alpha value is -0.610. The molecule has 0 heterocycles. The Labute approximate surface area is 104 Å². The second-order valence-electron chi connectivity index (χ2n) is 4.91. The van der Waals surface area contributed by atoms with Gasteiger partial charge in [-0.15, -0.1) is 0 Å². The Morgan fingerprint density at radius 3 is 2.71 bits per heavy atom. The van der Waals surface area contributed by atoms with Gasteiger partial charge in [-0.1, -0.05) is 6.92 Å². The third-order valence-electron chi connectivity index (χ3n) is 3.43. The number of hydrogen-bond donors (Lipinski definition) is 2. The Morgan fingerprint density at radius 2 is 2.24 bits per heavy atom. The first-order chi connectivity index (χ1) is 8.19. The van der Waals surface area contributed by atoms with E-state index in [0.717, 1.165) is 19.4 Å². The molecule has 0 aromatic rings. The average Bonchev–Trinajstić information content (AvgIpc) is 2.21. The molecule has 1 aliphatic carbocycles. The molecule has 0 bridgehead atoms. The largest absolute Gasteiger partial charge is 0.396 e. The van der Waals surface area contributed by atoms with Crippen LogP contribution in [-0.2, 0) is 4.79 Å². The number of nitrogens with zero attached hydrogens (tertiary/aromatic N) is 1. The third kappa shape index (κ3) is 4.64. The van der Waals surface area contributed by atoms with E-state index < -0.39 is 0 Å². The average molecular weight is 242 g/mol. The number of carbonyl (C=O) groups is 1. The first-order valence-electron chi connectivity index (χ1n) is 6.82. The lowest BCUT2D eigenvalue weighted by molar-refractivity contribution is -0.135. The summed E-state index contributed by atoms with van der Waals surface area (Å²) in [5, 5.41) is 12.2. The van der Waals surface area contributed by atoms with E-state index >= 15 is 0 Å². The van der Waals surface area contributed by atoms with E-state index in [1.807, 2.05) is 11.8 Å². The van der Waals surface area contributed by atoms with Gasteiger partial charge < -0.3 is 15.3 Å². The van der Waals surface area contributed by atoms with Gasteiger partial charge in [-0.05, 0) is 39.2 Å². The molecule has 100 valence electrons. The lowest BCUT2D eigenvalue weighted by atomic mass is 9.91. The molecule has 1 aliphatic rings. The summed E-state index contributed by atoms with van der Waals surface area (Å²) in [6, 6.07) is 0.673. The zero-order chi connectivity index (χ0) is 12.7. The van der Waals surface area contributed by atoms with Crippen LogP contribution in [0.4, 0.5) is 0 Å². The normalized spacial score (nSPS) is 17.6. The molecule has 0 aromatic carbocycles. The standard InChI is InChI=1S/C13H26N2O2/c1-3-14-11(2)10-13(17)15(8-5-9-16)12-6-4-7-12/h11-12,14,16H,3-10H2,1-2H3. The fraction of sp³-hybridized carbons (Fsp3) is 0.923. The predicted molar refractivity (Wildman–Crippen MR) is 68.8 cm³/mol. The quantitative estimate of drug-likeness (QED) is 0.671. The summed E-state index contributed by atoms with van der Waals surface area (Å²) >= 11 is 0. The molecular formula is C13H26N2O2. The van der Waals surface area contributed by atoms with Crippen molar-refractivity contribution in [3.63, 3.8) is 0 Å². The van der Waals surface area contributed by atoms with Crippen LogP contribution in [0.25, 0.3) is 0 Å². The zero-order valence-electron chi connectivity index (χ0n) is 11.1. The maximum absolute atomic E-state index is 12.2. The van der Waals surface area contributed by atoms with Crippen molar-refractivity contribution >= 4 is 5.91 Å². The van der Waals surface area contributed by atoms with Crippen molar-refractivity contribution in [1.82, 2.24) is 10.2 Å². The minimum absolute atomic E-state index is 0.166. The second kappa shape index (κ2) is 7.67. The van der Waals surface area contributed by atoms with Gasteiger partial charge >= 0.3 is 0 Å². The van der Waals surface area contributed by atoms with Crippen molar-refractivity contribution in [2.45, 2.75) is 58.0 Å². The van der Waals surface area contributed by atoms with Gasteiger partial charge in [0.25, 0.3) is 0 Å². The van der Waals surface area contributed by atoms with Crippen LogP contribution in [0.3, 0.4) is 0 Å². The van der Waals surface area contributed by atoms with Crippen molar-refractivity contribution in [2.24, 2.45) is 0 Å². The molecule has 0 saturated heterocycles. The minimum atomic E-state index is 0.166. The van der Waals surface area contributed by atoms with E-state index in [4.69, 9.17) is 5.11 Å². The van der Waals surface area contributed by atoms with Crippen molar-refractivity contribution < 1.29 is 9.90 Å². The van der Waals surface area contributed by atoms with Crippen LogP contribution in [0, 0.1) is 0 Å². The Morgan fingerprint density at radius 1 is 1.53 bits per heavy atom. The van der Waals surface area contributed by atoms with E-state index in [1.54, 1.807) is 0 Å². The number of nitrogens with one attached hydrogen (secondary N) is 1. The lowest BCUT2D eigenvalue weighted by Gasteiger charge is -2.38. The molecule has 1 atom stereocenters. The van der Waals surface area contributed by atoms with Crippen LogP contribution in [0.1, 0.15) is 46.0 Å². The predicted octanol–water partition coefficient (Wildman–Crippen LogP) is 1.14. The highest BCUT2D eigenvalue weighted by Gasteiger charge is 2.28. The molecule has 1 unspecified atom stereocenters. The summed E-state index contributed by atoms with van der Waals surface area (Å²) in [6.07, 6.45) is 4.75. The highest BCUT2D eigenvalue weighted by Crippen LogP contribution is 2.25. The molecule has 0 radical (unpaired) electrons. The zero-order valence-corrected chi connectivity index (χ0v) is 11.1. The van der Waals surface area contributed by atoms with Crippen LogP contribution in [-0.4, -0.2) is 47.7 Å². The molecule has 17 heavy (non-hydrogen) atoms. The van der Waals surface area contributed by atoms with Crippen LogP contribution in [0.5, 0.6) is 0 Å². The molecule has 1 amide bonds. The lowest BCUT2D eigenvalue weighted by Crippen LogP contribution is -2.46. The van der Waals surface area contributed by atoms with E-state index in [1.165, 1.54) is 6.42 Å². The van der Waals surface area contributed by atoms with Gasteiger partial charge in [0, 0.05) is 31.7 Å². The van der Waals surface area contributed by atoms with Gasteiger partial charge in [0.1, 0.15) is 0 Å². The van der Waals surface area contributed by atoms with Gasteiger partial charge in [0.2, 0.25) is 5.91 Å². The first-order valence-corrected chi connectivity index (χ1v) is 6.82. The minimum Gasteiger partial charge on any atom is -0.396 e. The highest BCUT2D eigenvalue weighted by molar-refractivity contribution is 5.77. The third-order valence-corrected chi connectivity index (χ3v) is 3.43. The van der Waals surface area contributed by atoms with Crippen molar-refractivity contribution in [3.05, 3.63) is 0 Å². The number of rotatable bonds is 8. The fourth-order valence-electron chi connectivity index (χ4n) is 2.25. The Balaban J connectivity index is 2.41. The Bertz CT molecular complexity index is 229. The molecule has 0 aromatic heterocycles. The van der Waals surface area contributed by atoms with Gasteiger partial charge in [0.15, 0.2) is 0 Å². The van der Waals surface area contributed by atoms with Gasteiger partial charge in [0.05, 0.1) is 0 Å². The summed E-state index contributed by atoms with van der Waals surface area (Å²) in [5.41, 5.74) is 0. The molecule has 0 aliphatic heterocycles. The SMILES string of the molecule is CCNC(C)CC(=O)N(CCCO)C1CCC1. The molecule has 2 N–H and O–H groups in total. The fourth-order valence-corrected chi connectivity index (χ4v) is 2.25. The molecule has 0 spiro atoms. The molecule has 1 rings (SSSR count). The molecular weight excluding hydrogens is 216 g/mol. The smallest absolute Gasteiger partial charge is 0.224 e. The van der Waals surface area contributed by atoms with Crippen molar-refractivity contribution in [1.29, 1.82) is 0 Å². The van der Waals surface area contributed by atoms with Crippen molar-refractivity contribution in [2.75, 3.05) is 19.7 Å². The summed E-state index contributed by atoms with van der Waals surface area (Å²) in [6.45, 7) is 5.87. The highest BCUT2D eigenvalue weighted by atomic mass is 16.3. The van der Waals surface area contributed by atoms with E-state index in [0.29, 0.717) is 25.4 Å². The number of aliphatic hydroxyl groups excluding tert-OH is 1. The summed E-state index contributed by atoms with van der Waals surface area (Å²) in [7, 11) is 0. The van der Waals surface area contributed by atoms with Crippen LogP contribution < -0.4 is 5.32 Å². The molecule has 4 nitrogen and oxygen atoms in total. The first kappa shape index (κ1) is 14.5. The molecule has 4 heteroatoms. The second-order valence-corrected chi connectivity index (χ2v) is 4.91. The van der Waals surface area contributed by atoms with Crippen LogP contribution in [0.2, 0.25) is 0 Å². The Kier molecular flexibility index (Phi) is 6.52. The maximum Gasteiger partial charge on any atom is 0.224 e. The number of aliphatic hydroxyl groups is 1. The maximum atomic E-state index is 12.2. The summed E-state index contributed by atoms with van der Waals surface area (Å²) in [4.78, 5) is 14.2. The summed E-state index contributed by atoms with van der Waals surface area (Å²) < 4.78 is 0. The van der Waals surface area contributed by atoms with Crippen LogP contribution >= 0.6 is 0 Å². The topological polar surface area (TPSA) is 52.6 Å². The van der Waals surface area contributed by atoms with E-state index in [-0.39, 0.29) is 18.6 Å². The van der Waals surface area contributed by atoms with E-state index in [9.17, 15) is 4.79 Å². The van der Waals surface area contributed by atoms with E-state index in [2.05, 4.69) is 12.2 Å². The van der Waals surface area contributed by atoms with Gasteiger partial charge in [-0.25, -0.2) is 0 Å². The molecule has 1 fully saturated rings. The summed E-state index contributed by atoms with van der Waals surface area (Å²) in [5.74, 6) is 0.233. The monoisotopic (exact) mass is 242 g/mol. The van der Waals surface area contributed by atoms with Crippen molar-refractivity contribution in [3.8, 4) is 0 Å². The van der Waals surface area contributed by atoms with Gasteiger partial charge in [-0.2, -0.15) is 0 Å². The van der Waals surface area contributed by atoms with Crippen LogP contribution in [0.15, 0.2) is 0 Å². The number of hydrogen-bond acceptors (Lipinski definition) is 3. The van der Waals surface area contributed by atoms with Gasteiger partial charge in [-0.3, -0.25) is 4.79 Å². The number of carbonyl (C=O) groups excluding carboxylic acids is 1. The number of amides is 1. The molecule has 1 saturated carbocycles.